The van der Waals surface area contributed by atoms with Gasteiger partial charge >= 0.3 is 0 Å². The lowest BCUT2D eigenvalue weighted by atomic mass is 9.96. The van der Waals surface area contributed by atoms with Crippen LogP contribution >= 0.6 is 12.2 Å². The first kappa shape index (κ1) is 17.5. The number of para-hydroxylation sites is 1. The number of hydrogen-bond acceptors (Lipinski definition) is 3. The number of aliphatic hydroxyl groups is 1. The van der Waals surface area contributed by atoms with Crippen LogP contribution in [0.2, 0.25) is 0 Å². The van der Waals surface area contributed by atoms with Crippen LogP contribution in [0.25, 0.3) is 0 Å². The molecule has 5 heteroatoms. The van der Waals surface area contributed by atoms with Crippen LogP contribution in [0.5, 0.6) is 5.75 Å². The number of rotatable bonds is 6. The van der Waals surface area contributed by atoms with Gasteiger partial charge in [0.1, 0.15) is 18.5 Å². The van der Waals surface area contributed by atoms with E-state index in [1.54, 1.807) is 0 Å². The molecule has 1 aromatic carbocycles. The summed E-state index contributed by atoms with van der Waals surface area (Å²) in [6.45, 7) is 4.69. The molecule has 3 rings (SSSR count). The van der Waals surface area contributed by atoms with E-state index in [2.05, 4.69) is 10.6 Å². The largest absolute Gasteiger partial charge is 0.490 e. The summed E-state index contributed by atoms with van der Waals surface area (Å²) >= 11 is 5.37. The van der Waals surface area contributed by atoms with E-state index in [9.17, 15) is 5.11 Å². The van der Waals surface area contributed by atoms with E-state index in [1.165, 1.54) is 25.7 Å². The minimum atomic E-state index is -0.594. The van der Waals surface area contributed by atoms with Gasteiger partial charge in [-0.1, -0.05) is 24.6 Å². The summed E-state index contributed by atoms with van der Waals surface area (Å²) in [5.74, 6) is 2.54. The van der Waals surface area contributed by atoms with Crippen molar-refractivity contribution in [2.45, 2.75) is 51.7 Å². The van der Waals surface area contributed by atoms with Crippen LogP contribution in [-0.4, -0.2) is 35.5 Å². The molecule has 2 aliphatic carbocycles. The van der Waals surface area contributed by atoms with Gasteiger partial charge < -0.3 is 20.5 Å². The first-order chi connectivity index (χ1) is 11.5. The van der Waals surface area contributed by atoms with Crippen molar-refractivity contribution in [2.24, 2.45) is 11.8 Å². The van der Waals surface area contributed by atoms with Gasteiger partial charge in [0.05, 0.1) is 0 Å². The normalized spacial score (nSPS) is 26.2. The molecule has 4 atom stereocenters. The molecule has 2 fully saturated rings. The second kappa shape index (κ2) is 7.70. The molecule has 2 saturated carbocycles. The van der Waals surface area contributed by atoms with Crippen molar-refractivity contribution in [1.82, 2.24) is 10.6 Å². The first-order valence-corrected chi connectivity index (χ1v) is 9.35. The summed E-state index contributed by atoms with van der Waals surface area (Å²) in [5, 5.41) is 17.3. The summed E-state index contributed by atoms with van der Waals surface area (Å²) in [4.78, 5) is 0. The lowest BCUT2D eigenvalue weighted by Crippen LogP contribution is -2.46. The van der Waals surface area contributed by atoms with E-state index >= 15 is 0 Å². The second-order valence-electron chi connectivity index (χ2n) is 7.32. The highest BCUT2D eigenvalue weighted by Gasteiger charge is 2.39. The predicted octanol–water partition coefficient (Wildman–Crippen LogP) is 2.70. The molecule has 2 aliphatic rings. The molecule has 4 nitrogen and oxygen atoms in total. The fourth-order valence-electron chi connectivity index (χ4n) is 4.12. The van der Waals surface area contributed by atoms with E-state index in [0.29, 0.717) is 17.7 Å². The Labute approximate surface area is 150 Å². The van der Waals surface area contributed by atoms with E-state index in [1.807, 2.05) is 32.0 Å². The molecular weight excluding hydrogens is 320 g/mol. The van der Waals surface area contributed by atoms with Gasteiger partial charge in [0.25, 0.3) is 0 Å². The molecule has 0 heterocycles. The maximum Gasteiger partial charge on any atom is 0.166 e. The van der Waals surface area contributed by atoms with Gasteiger partial charge in [0, 0.05) is 12.6 Å². The van der Waals surface area contributed by atoms with Crippen LogP contribution < -0.4 is 15.4 Å². The van der Waals surface area contributed by atoms with Crippen LogP contribution in [0, 0.1) is 25.7 Å². The number of aliphatic hydroxyl groups excluding tert-OH is 1. The van der Waals surface area contributed by atoms with Gasteiger partial charge in [0.15, 0.2) is 5.11 Å². The fraction of sp³-hybridized carbons (Fsp3) is 0.632. The highest BCUT2D eigenvalue weighted by Crippen LogP contribution is 2.44. The maximum absolute atomic E-state index is 10.1. The van der Waals surface area contributed by atoms with E-state index in [0.717, 1.165) is 28.7 Å². The van der Waals surface area contributed by atoms with Gasteiger partial charge in [-0.3, -0.25) is 0 Å². The Morgan fingerprint density at radius 1 is 1.29 bits per heavy atom. The summed E-state index contributed by atoms with van der Waals surface area (Å²) in [6.07, 6.45) is 4.72. The smallest absolute Gasteiger partial charge is 0.166 e. The van der Waals surface area contributed by atoms with Gasteiger partial charge in [0.2, 0.25) is 0 Å². The molecule has 0 amide bonds. The molecule has 132 valence electrons. The van der Waals surface area contributed by atoms with Crippen LogP contribution in [0.4, 0.5) is 0 Å². The number of benzene rings is 1. The summed E-state index contributed by atoms with van der Waals surface area (Å²) < 4.78 is 5.78. The van der Waals surface area contributed by atoms with Crippen molar-refractivity contribution in [3.63, 3.8) is 0 Å². The molecule has 0 aliphatic heterocycles. The molecule has 24 heavy (non-hydrogen) atoms. The average molecular weight is 349 g/mol. The molecule has 0 saturated heterocycles. The zero-order chi connectivity index (χ0) is 17.1. The number of hydrogen-bond donors (Lipinski definition) is 3. The SMILES string of the molecule is Cc1cccc(C)c1OC[C@H](O)CNC(=S)N[C@@H]1C[C@H]2CC[C@H]1C2. The molecule has 0 unspecified atom stereocenters. The van der Waals surface area contributed by atoms with Crippen molar-refractivity contribution >= 4 is 17.3 Å². The van der Waals surface area contributed by atoms with Crippen molar-refractivity contribution < 1.29 is 9.84 Å². The highest BCUT2D eigenvalue weighted by atomic mass is 32.1. The topological polar surface area (TPSA) is 53.5 Å². The number of ether oxygens (including phenoxy) is 1. The second-order valence-corrected chi connectivity index (χ2v) is 7.73. The zero-order valence-electron chi connectivity index (χ0n) is 14.5. The van der Waals surface area contributed by atoms with E-state index < -0.39 is 6.10 Å². The standard InChI is InChI=1S/C19H28N2O2S/c1-12-4-3-5-13(2)18(12)23-11-16(22)10-20-19(24)21-17-9-14-6-7-15(17)8-14/h3-5,14-17,22H,6-11H2,1-2H3,(H2,20,21,24)/t14-,15-,16+,17+/m0/s1. The Bertz CT molecular complexity index is 572. The monoisotopic (exact) mass is 348 g/mol. The minimum absolute atomic E-state index is 0.259. The number of nitrogens with one attached hydrogen (secondary N) is 2. The van der Waals surface area contributed by atoms with Crippen LogP contribution in [-0.2, 0) is 0 Å². The molecule has 0 radical (unpaired) electrons. The van der Waals surface area contributed by atoms with Crippen LogP contribution in [0.1, 0.15) is 36.8 Å². The fourth-order valence-corrected chi connectivity index (χ4v) is 4.35. The van der Waals surface area contributed by atoms with Crippen molar-refractivity contribution in [3.05, 3.63) is 29.3 Å². The lowest BCUT2D eigenvalue weighted by molar-refractivity contribution is 0.109. The molecular formula is C19H28N2O2S. The predicted molar refractivity (Wildman–Crippen MR) is 100 cm³/mol. The lowest BCUT2D eigenvalue weighted by Gasteiger charge is -2.25. The Morgan fingerprint density at radius 3 is 2.67 bits per heavy atom. The Kier molecular flexibility index (Phi) is 5.61. The minimum Gasteiger partial charge on any atom is -0.490 e. The molecule has 2 bridgehead atoms. The number of aryl methyl sites for hydroxylation is 2. The molecule has 0 spiro atoms. The quantitative estimate of drug-likeness (QED) is 0.690. The maximum atomic E-state index is 10.1. The van der Waals surface area contributed by atoms with E-state index in [-0.39, 0.29) is 6.61 Å². The molecule has 0 aromatic heterocycles. The Hall–Kier alpha value is -1.33. The van der Waals surface area contributed by atoms with E-state index in [4.69, 9.17) is 17.0 Å². The van der Waals surface area contributed by atoms with Gasteiger partial charge in [-0.25, -0.2) is 0 Å². The third-order valence-corrected chi connectivity index (χ3v) is 5.64. The van der Waals surface area contributed by atoms with Gasteiger partial charge in [-0.2, -0.15) is 0 Å². The summed E-state index contributed by atoms with van der Waals surface area (Å²) in [7, 11) is 0. The third-order valence-electron chi connectivity index (χ3n) is 5.38. The number of fused-ring (bicyclic) bond motifs is 2. The molecule has 1 aromatic rings. The third kappa shape index (κ3) is 4.19. The molecule has 3 N–H and O–H groups in total. The van der Waals surface area contributed by atoms with Crippen LogP contribution in [0.3, 0.4) is 0 Å². The summed E-state index contributed by atoms with van der Waals surface area (Å²) in [5.41, 5.74) is 2.17. The average Bonchev–Trinajstić information content (AvgIpc) is 3.15. The van der Waals surface area contributed by atoms with Crippen molar-refractivity contribution in [1.29, 1.82) is 0 Å². The Morgan fingerprint density at radius 2 is 2.04 bits per heavy atom. The first-order valence-electron chi connectivity index (χ1n) is 8.94. The van der Waals surface area contributed by atoms with Crippen molar-refractivity contribution in [2.75, 3.05) is 13.2 Å². The van der Waals surface area contributed by atoms with Gasteiger partial charge in [-0.05, 0) is 68.3 Å². The summed E-state index contributed by atoms with van der Waals surface area (Å²) in [6, 6.07) is 6.56. The number of thiocarbonyl (C=S) groups is 1. The highest BCUT2D eigenvalue weighted by molar-refractivity contribution is 7.80. The Balaban J connectivity index is 1.37. The van der Waals surface area contributed by atoms with Gasteiger partial charge in [-0.15, -0.1) is 0 Å². The zero-order valence-corrected chi connectivity index (χ0v) is 15.4. The van der Waals surface area contributed by atoms with Crippen molar-refractivity contribution in [3.8, 4) is 5.75 Å². The van der Waals surface area contributed by atoms with Crippen LogP contribution in [0.15, 0.2) is 18.2 Å².